The maximum absolute atomic E-state index is 14.1. The number of carboxylic acid groups (broad SMARTS) is 1. The standard InChI is InChI=1S/C31H37F4NO3/c1-18(30(37)38)29(22-9-10-22)23-11-8-21-7-6-20-4-3-5-25(39-28(21)14-23)17-36(16-20)19(2)26-15-24(32)12-13-27(26)31(33,34)35/h8,11-15,18-20,22,25,29H,3-7,9-10,16-17H2,1-2H3,(H,37,38)/t18-,19+,20-,25-,29-/m0/s1. The molecular weight excluding hydrogens is 510 g/mol. The Morgan fingerprint density at radius 2 is 1.79 bits per heavy atom. The van der Waals surface area contributed by atoms with E-state index in [1.165, 1.54) is 0 Å². The van der Waals surface area contributed by atoms with Gasteiger partial charge in [0, 0.05) is 19.1 Å². The van der Waals surface area contributed by atoms with Crippen LogP contribution in [0.4, 0.5) is 17.6 Å². The van der Waals surface area contributed by atoms with Gasteiger partial charge in [0.15, 0.2) is 0 Å². The first-order valence-corrected chi connectivity index (χ1v) is 14.1. The van der Waals surface area contributed by atoms with E-state index in [0.717, 1.165) is 80.0 Å². The number of carboxylic acids is 1. The summed E-state index contributed by atoms with van der Waals surface area (Å²) in [5, 5.41) is 9.73. The number of ether oxygens (including phenoxy) is 1. The summed E-state index contributed by atoms with van der Waals surface area (Å²) in [6.45, 7) is 4.56. The number of benzene rings is 2. The molecule has 0 spiro atoms. The average Bonchev–Trinajstić information content (AvgIpc) is 3.70. The highest BCUT2D eigenvalue weighted by Crippen LogP contribution is 2.48. The quantitative estimate of drug-likeness (QED) is 0.378. The number of halogens is 4. The van der Waals surface area contributed by atoms with Gasteiger partial charge in [0.2, 0.25) is 0 Å². The van der Waals surface area contributed by atoms with Crippen LogP contribution in [0.5, 0.6) is 5.75 Å². The minimum absolute atomic E-state index is 0.0461. The Labute approximate surface area is 227 Å². The highest BCUT2D eigenvalue weighted by atomic mass is 19.4. The Hall–Kier alpha value is -2.61. The molecular formula is C31H37F4NO3. The summed E-state index contributed by atoms with van der Waals surface area (Å²) in [6.07, 6.45) is 1.61. The first-order valence-electron chi connectivity index (χ1n) is 14.1. The van der Waals surface area contributed by atoms with Crippen LogP contribution in [0.3, 0.4) is 0 Å². The lowest BCUT2D eigenvalue weighted by Gasteiger charge is -2.39. The van der Waals surface area contributed by atoms with Gasteiger partial charge >= 0.3 is 12.1 Å². The molecule has 8 heteroatoms. The second-order valence-electron chi connectivity index (χ2n) is 11.8. The number of fused-ring (bicyclic) bond motifs is 5. The Bertz CT molecular complexity index is 1190. The number of carbonyl (C=O) groups is 1. The summed E-state index contributed by atoms with van der Waals surface area (Å²) in [7, 11) is 0. The summed E-state index contributed by atoms with van der Waals surface area (Å²) in [6, 6.07) is 8.25. The van der Waals surface area contributed by atoms with Gasteiger partial charge in [-0.25, -0.2) is 4.39 Å². The van der Waals surface area contributed by atoms with Crippen molar-refractivity contribution in [3.05, 3.63) is 64.5 Å². The van der Waals surface area contributed by atoms with Crippen molar-refractivity contribution >= 4 is 5.97 Å². The van der Waals surface area contributed by atoms with Crippen LogP contribution in [0, 0.1) is 23.6 Å². The Morgan fingerprint density at radius 3 is 2.49 bits per heavy atom. The third-order valence-corrected chi connectivity index (χ3v) is 9.04. The zero-order valence-corrected chi connectivity index (χ0v) is 22.5. The van der Waals surface area contributed by atoms with Gasteiger partial charge in [0.1, 0.15) is 17.7 Å². The molecule has 2 aromatic rings. The minimum Gasteiger partial charge on any atom is -0.489 e. The molecule has 6 rings (SSSR count). The van der Waals surface area contributed by atoms with Crippen molar-refractivity contribution in [2.24, 2.45) is 17.8 Å². The van der Waals surface area contributed by atoms with E-state index in [1.807, 2.05) is 11.0 Å². The van der Waals surface area contributed by atoms with Crippen LogP contribution in [0.15, 0.2) is 36.4 Å². The molecule has 0 unspecified atom stereocenters. The highest BCUT2D eigenvalue weighted by Gasteiger charge is 2.40. The fraction of sp³-hybridized carbons (Fsp3) is 0.581. The van der Waals surface area contributed by atoms with Crippen molar-refractivity contribution in [1.29, 1.82) is 0 Å². The molecule has 0 radical (unpaired) electrons. The fourth-order valence-corrected chi connectivity index (χ4v) is 6.68. The third-order valence-electron chi connectivity index (χ3n) is 9.04. The van der Waals surface area contributed by atoms with Crippen molar-refractivity contribution in [1.82, 2.24) is 4.90 Å². The van der Waals surface area contributed by atoms with E-state index in [1.54, 1.807) is 13.8 Å². The number of aryl methyl sites for hydroxylation is 1. The number of aliphatic carboxylic acids is 1. The molecule has 1 N–H and O–H groups in total. The van der Waals surface area contributed by atoms with Gasteiger partial charge in [-0.2, -0.15) is 13.2 Å². The van der Waals surface area contributed by atoms with Crippen LogP contribution < -0.4 is 4.74 Å². The summed E-state index contributed by atoms with van der Waals surface area (Å²) in [5.41, 5.74) is 1.23. The van der Waals surface area contributed by atoms with Gasteiger partial charge in [-0.15, -0.1) is 0 Å². The molecule has 4 aliphatic rings. The first kappa shape index (κ1) is 27.9. The van der Waals surface area contributed by atoms with Crippen LogP contribution in [0.25, 0.3) is 0 Å². The van der Waals surface area contributed by atoms with Crippen LogP contribution in [0.1, 0.15) is 86.6 Å². The lowest BCUT2D eigenvalue weighted by molar-refractivity contribution is -0.142. The average molecular weight is 548 g/mol. The molecule has 212 valence electrons. The number of alkyl halides is 3. The van der Waals surface area contributed by atoms with Crippen molar-refractivity contribution < 1.29 is 32.2 Å². The summed E-state index contributed by atoms with van der Waals surface area (Å²) in [5.74, 6) is -0.632. The van der Waals surface area contributed by atoms with Crippen LogP contribution in [-0.4, -0.2) is 35.2 Å². The molecule has 1 saturated heterocycles. The zero-order valence-electron chi connectivity index (χ0n) is 22.5. The number of rotatable bonds is 6. The lowest BCUT2D eigenvalue weighted by Crippen LogP contribution is -2.43. The number of hydrogen-bond donors (Lipinski definition) is 1. The Balaban J connectivity index is 1.45. The van der Waals surface area contributed by atoms with E-state index in [9.17, 15) is 27.5 Å². The van der Waals surface area contributed by atoms with Crippen LogP contribution in [-0.2, 0) is 17.4 Å². The Kier molecular flexibility index (Phi) is 7.96. The number of hydrogen-bond acceptors (Lipinski definition) is 3. The molecule has 39 heavy (non-hydrogen) atoms. The largest absolute Gasteiger partial charge is 0.489 e. The normalized spacial score (nSPS) is 24.7. The topological polar surface area (TPSA) is 49.8 Å². The van der Waals surface area contributed by atoms with Gasteiger partial charge in [-0.3, -0.25) is 9.69 Å². The third kappa shape index (κ3) is 6.26. The second-order valence-corrected chi connectivity index (χ2v) is 11.8. The maximum atomic E-state index is 14.1. The van der Waals surface area contributed by atoms with Gasteiger partial charge in [0.25, 0.3) is 0 Å². The summed E-state index contributed by atoms with van der Waals surface area (Å²) >= 11 is 0. The smallest absolute Gasteiger partial charge is 0.416 e. The molecule has 1 aliphatic carbocycles. The maximum Gasteiger partial charge on any atom is 0.416 e. The van der Waals surface area contributed by atoms with Crippen LogP contribution >= 0.6 is 0 Å². The van der Waals surface area contributed by atoms with Crippen molar-refractivity contribution in [3.63, 3.8) is 0 Å². The van der Waals surface area contributed by atoms with E-state index < -0.39 is 35.5 Å². The molecule has 0 aromatic heterocycles. The van der Waals surface area contributed by atoms with E-state index in [-0.39, 0.29) is 17.6 Å². The molecule has 0 amide bonds. The number of nitrogens with zero attached hydrogens (tertiary/aromatic N) is 1. The monoisotopic (exact) mass is 547 g/mol. The van der Waals surface area contributed by atoms with Gasteiger partial charge in [-0.05, 0) is 111 Å². The predicted octanol–water partition coefficient (Wildman–Crippen LogP) is 7.62. The summed E-state index contributed by atoms with van der Waals surface area (Å²) in [4.78, 5) is 13.9. The SMILES string of the molecule is C[C@H](C(=O)O)[C@H](c1ccc2c(c1)O[C@H]1CCC[C@@H](CC2)CN([C@H](C)c2cc(F)ccc2C(F)(F)F)C1)C1CC1. The Morgan fingerprint density at radius 1 is 1.03 bits per heavy atom. The van der Waals surface area contributed by atoms with E-state index >= 15 is 0 Å². The molecule has 3 aliphatic heterocycles. The highest BCUT2D eigenvalue weighted by molar-refractivity contribution is 5.71. The predicted molar refractivity (Wildman–Crippen MR) is 140 cm³/mol. The van der Waals surface area contributed by atoms with Crippen molar-refractivity contribution in [3.8, 4) is 5.75 Å². The van der Waals surface area contributed by atoms with Gasteiger partial charge in [-0.1, -0.05) is 19.1 Å². The van der Waals surface area contributed by atoms with E-state index in [4.69, 9.17) is 4.74 Å². The lowest BCUT2D eigenvalue weighted by atomic mass is 9.82. The fourth-order valence-electron chi connectivity index (χ4n) is 6.68. The molecule has 3 heterocycles. The van der Waals surface area contributed by atoms with Gasteiger partial charge < -0.3 is 9.84 Å². The van der Waals surface area contributed by atoms with E-state index in [0.29, 0.717) is 24.9 Å². The molecule has 2 bridgehead atoms. The molecule has 1 saturated carbocycles. The molecule has 5 atom stereocenters. The second kappa shape index (κ2) is 11.1. The van der Waals surface area contributed by atoms with Gasteiger partial charge in [0.05, 0.1) is 11.5 Å². The van der Waals surface area contributed by atoms with Crippen LogP contribution in [0.2, 0.25) is 0 Å². The van der Waals surface area contributed by atoms with Crippen molar-refractivity contribution in [2.75, 3.05) is 13.1 Å². The van der Waals surface area contributed by atoms with Crippen molar-refractivity contribution in [2.45, 2.75) is 83.0 Å². The van der Waals surface area contributed by atoms with E-state index in [2.05, 4.69) is 12.1 Å². The molecule has 2 fully saturated rings. The molecule has 2 aromatic carbocycles. The first-order chi connectivity index (χ1) is 18.5. The minimum atomic E-state index is -4.57. The summed E-state index contributed by atoms with van der Waals surface area (Å²) < 4.78 is 62.3. The molecule has 4 nitrogen and oxygen atoms in total. The zero-order chi connectivity index (χ0) is 27.9.